The number of carbonyl (C=O) groups is 2. The molecule has 138 valence electrons. The average molecular weight is 347 g/mol. The van der Waals surface area contributed by atoms with Gasteiger partial charge in [0.15, 0.2) is 0 Å². The number of carbonyl (C=O) groups excluding carboxylic acids is 2. The molecule has 0 aliphatic carbocycles. The van der Waals surface area contributed by atoms with E-state index in [0.717, 1.165) is 31.9 Å². The van der Waals surface area contributed by atoms with E-state index >= 15 is 0 Å². The summed E-state index contributed by atoms with van der Waals surface area (Å²) in [5.41, 5.74) is 2.25. The second-order valence-electron chi connectivity index (χ2n) is 6.88. The lowest BCUT2D eigenvalue weighted by Gasteiger charge is -2.29. The summed E-state index contributed by atoms with van der Waals surface area (Å²) in [7, 11) is 1.77. The molecule has 1 aliphatic rings. The smallest absolute Gasteiger partial charge is 0.245 e. The molecule has 1 saturated heterocycles. The first kappa shape index (κ1) is 19.2. The molecule has 1 atom stereocenters. The maximum absolute atomic E-state index is 12.6. The Morgan fingerprint density at radius 2 is 1.80 bits per heavy atom. The highest BCUT2D eigenvalue weighted by atomic mass is 16.5. The normalized spacial score (nSPS) is 15.8. The highest BCUT2D eigenvalue weighted by molar-refractivity contribution is 5.86. The number of hydrogen-bond donors (Lipinski definition) is 1. The van der Waals surface area contributed by atoms with Crippen LogP contribution in [0.4, 0.5) is 5.69 Å². The molecule has 0 bridgehead atoms. The molecule has 6 heteroatoms. The molecule has 0 unspecified atom stereocenters. The highest BCUT2D eigenvalue weighted by Crippen LogP contribution is 2.18. The molecule has 1 aliphatic heterocycles. The van der Waals surface area contributed by atoms with Crippen LogP contribution in [-0.2, 0) is 20.9 Å². The summed E-state index contributed by atoms with van der Waals surface area (Å²) in [4.78, 5) is 27.9. The van der Waals surface area contributed by atoms with Crippen LogP contribution >= 0.6 is 0 Å². The number of morpholine rings is 1. The van der Waals surface area contributed by atoms with Gasteiger partial charge in [0.2, 0.25) is 11.8 Å². The minimum absolute atomic E-state index is 0.0440. The van der Waals surface area contributed by atoms with Crippen molar-refractivity contribution in [1.29, 1.82) is 0 Å². The minimum Gasteiger partial charge on any atom is -0.378 e. The van der Waals surface area contributed by atoms with E-state index in [2.05, 4.69) is 34.5 Å². The Balaban J connectivity index is 1.97. The van der Waals surface area contributed by atoms with Gasteiger partial charge in [0.05, 0.1) is 13.2 Å². The average Bonchev–Trinajstić information content (AvgIpc) is 2.60. The molecule has 0 aromatic heterocycles. The van der Waals surface area contributed by atoms with Crippen LogP contribution in [0.3, 0.4) is 0 Å². The minimum atomic E-state index is -0.491. The zero-order chi connectivity index (χ0) is 18.4. The van der Waals surface area contributed by atoms with Crippen LogP contribution in [0.2, 0.25) is 0 Å². The SMILES string of the molecule is CC(=O)N[C@H](C(=O)N(C)Cc1ccc(N2CCOCC2)cc1)C(C)C. The maximum atomic E-state index is 12.6. The van der Waals surface area contributed by atoms with Gasteiger partial charge in [-0.1, -0.05) is 26.0 Å². The van der Waals surface area contributed by atoms with E-state index in [1.807, 2.05) is 13.8 Å². The van der Waals surface area contributed by atoms with Gasteiger partial charge in [-0.3, -0.25) is 9.59 Å². The van der Waals surface area contributed by atoms with Crippen molar-refractivity contribution < 1.29 is 14.3 Å². The predicted octanol–water partition coefficient (Wildman–Crippen LogP) is 1.64. The second kappa shape index (κ2) is 8.85. The number of amides is 2. The maximum Gasteiger partial charge on any atom is 0.245 e. The van der Waals surface area contributed by atoms with Gasteiger partial charge in [-0.2, -0.15) is 0 Å². The summed E-state index contributed by atoms with van der Waals surface area (Å²) in [6.07, 6.45) is 0. The van der Waals surface area contributed by atoms with Crippen LogP contribution in [0.1, 0.15) is 26.3 Å². The molecular formula is C19H29N3O3. The van der Waals surface area contributed by atoms with Crippen LogP contribution in [0, 0.1) is 5.92 Å². The fraction of sp³-hybridized carbons (Fsp3) is 0.579. The molecule has 0 saturated carbocycles. The molecule has 1 N–H and O–H groups in total. The molecule has 1 fully saturated rings. The van der Waals surface area contributed by atoms with Gasteiger partial charge in [0.25, 0.3) is 0 Å². The van der Waals surface area contributed by atoms with E-state index in [1.54, 1.807) is 11.9 Å². The number of likely N-dealkylation sites (N-methyl/N-ethyl adjacent to an activating group) is 1. The standard InChI is InChI=1S/C19H29N3O3/c1-14(2)18(20-15(3)23)19(24)21(4)13-16-5-7-17(8-6-16)22-9-11-25-12-10-22/h5-8,14,18H,9-13H2,1-4H3,(H,20,23)/t18-/m0/s1. The first-order valence-corrected chi connectivity index (χ1v) is 8.82. The summed E-state index contributed by atoms with van der Waals surface area (Å²) in [6.45, 7) is 9.16. The van der Waals surface area contributed by atoms with Crippen molar-refractivity contribution in [2.75, 3.05) is 38.3 Å². The van der Waals surface area contributed by atoms with E-state index in [4.69, 9.17) is 4.74 Å². The molecule has 2 rings (SSSR count). The van der Waals surface area contributed by atoms with Crippen molar-refractivity contribution in [2.24, 2.45) is 5.92 Å². The highest BCUT2D eigenvalue weighted by Gasteiger charge is 2.26. The Morgan fingerprint density at radius 1 is 1.20 bits per heavy atom. The molecule has 2 amide bonds. The number of hydrogen-bond acceptors (Lipinski definition) is 4. The van der Waals surface area contributed by atoms with Gasteiger partial charge in [0.1, 0.15) is 6.04 Å². The van der Waals surface area contributed by atoms with Gasteiger partial charge in [-0.15, -0.1) is 0 Å². The third kappa shape index (κ3) is 5.46. The van der Waals surface area contributed by atoms with Gasteiger partial charge >= 0.3 is 0 Å². The van der Waals surface area contributed by atoms with E-state index in [9.17, 15) is 9.59 Å². The van der Waals surface area contributed by atoms with E-state index in [1.165, 1.54) is 12.6 Å². The third-order valence-electron chi connectivity index (χ3n) is 4.40. The van der Waals surface area contributed by atoms with Crippen LogP contribution in [0.25, 0.3) is 0 Å². The van der Waals surface area contributed by atoms with Crippen LogP contribution in [0.5, 0.6) is 0 Å². The molecule has 0 spiro atoms. The number of nitrogens with zero attached hydrogens (tertiary/aromatic N) is 2. The van der Waals surface area contributed by atoms with E-state index < -0.39 is 6.04 Å². The number of anilines is 1. The van der Waals surface area contributed by atoms with Crippen molar-refractivity contribution in [3.63, 3.8) is 0 Å². The van der Waals surface area contributed by atoms with Gasteiger partial charge < -0.3 is 19.9 Å². The van der Waals surface area contributed by atoms with Crippen molar-refractivity contribution in [2.45, 2.75) is 33.4 Å². The number of nitrogens with one attached hydrogen (secondary N) is 1. The topological polar surface area (TPSA) is 61.9 Å². The third-order valence-corrected chi connectivity index (χ3v) is 4.40. The zero-order valence-electron chi connectivity index (χ0n) is 15.6. The summed E-state index contributed by atoms with van der Waals surface area (Å²) in [6, 6.07) is 7.80. The first-order chi connectivity index (χ1) is 11.9. The number of ether oxygens (including phenoxy) is 1. The van der Waals surface area contributed by atoms with Gasteiger partial charge in [-0.05, 0) is 23.6 Å². The van der Waals surface area contributed by atoms with Crippen molar-refractivity contribution >= 4 is 17.5 Å². The molecule has 0 radical (unpaired) electrons. The van der Waals surface area contributed by atoms with Gasteiger partial charge in [-0.25, -0.2) is 0 Å². The summed E-state index contributed by atoms with van der Waals surface area (Å²) in [5.74, 6) is -0.208. The van der Waals surface area contributed by atoms with Crippen LogP contribution in [0.15, 0.2) is 24.3 Å². The first-order valence-electron chi connectivity index (χ1n) is 8.82. The Kier molecular flexibility index (Phi) is 6.82. The predicted molar refractivity (Wildman–Crippen MR) is 98.4 cm³/mol. The lowest BCUT2D eigenvalue weighted by atomic mass is 10.0. The fourth-order valence-corrected chi connectivity index (χ4v) is 2.96. The summed E-state index contributed by atoms with van der Waals surface area (Å²) in [5, 5.41) is 2.75. The summed E-state index contributed by atoms with van der Waals surface area (Å²) >= 11 is 0. The van der Waals surface area contributed by atoms with Crippen LogP contribution in [-0.4, -0.2) is 56.1 Å². The largest absolute Gasteiger partial charge is 0.378 e. The van der Waals surface area contributed by atoms with E-state index in [-0.39, 0.29) is 17.7 Å². The van der Waals surface area contributed by atoms with Crippen molar-refractivity contribution in [3.8, 4) is 0 Å². The van der Waals surface area contributed by atoms with E-state index in [0.29, 0.717) is 6.54 Å². The number of rotatable bonds is 6. The monoisotopic (exact) mass is 347 g/mol. The number of benzene rings is 1. The summed E-state index contributed by atoms with van der Waals surface area (Å²) < 4.78 is 5.38. The van der Waals surface area contributed by atoms with Crippen LogP contribution < -0.4 is 10.2 Å². The Morgan fingerprint density at radius 3 is 2.32 bits per heavy atom. The lowest BCUT2D eigenvalue weighted by Crippen LogP contribution is -2.49. The molecule has 25 heavy (non-hydrogen) atoms. The van der Waals surface area contributed by atoms with Crippen molar-refractivity contribution in [1.82, 2.24) is 10.2 Å². The van der Waals surface area contributed by atoms with Gasteiger partial charge in [0, 0.05) is 39.3 Å². The Bertz CT molecular complexity index is 580. The molecular weight excluding hydrogens is 318 g/mol. The molecule has 1 aromatic carbocycles. The Hall–Kier alpha value is -2.08. The van der Waals surface area contributed by atoms with Crippen molar-refractivity contribution in [3.05, 3.63) is 29.8 Å². The molecule has 1 aromatic rings. The molecule has 1 heterocycles. The Labute approximate surface area is 150 Å². The fourth-order valence-electron chi connectivity index (χ4n) is 2.96. The zero-order valence-corrected chi connectivity index (χ0v) is 15.6. The molecule has 6 nitrogen and oxygen atoms in total. The quantitative estimate of drug-likeness (QED) is 0.850. The lowest BCUT2D eigenvalue weighted by molar-refractivity contribution is -0.136. The second-order valence-corrected chi connectivity index (χ2v) is 6.88.